The summed E-state index contributed by atoms with van der Waals surface area (Å²) in [6, 6.07) is 5.10. The normalized spacial score (nSPS) is 12.1. The number of aromatic nitrogens is 2. The topological polar surface area (TPSA) is 75.2 Å². The Kier molecular flexibility index (Phi) is 3.42. The van der Waals surface area contributed by atoms with Gasteiger partial charge in [0.1, 0.15) is 0 Å². The van der Waals surface area contributed by atoms with Crippen LogP contribution in [0.1, 0.15) is 11.4 Å². The lowest BCUT2D eigenvalue weighted by Crippen LogP contribution is -2.28. The number of anilines is 1. The summed E-state index contributed by atoms with van der Waals surface area (Å²) in [4.78, 5) is 8.80. The van der Waals surface area contributed by atoms with Crippen LogP contribution in [0, 0.1) is 13.8 Å². The van der Waals surface area contributed by atoms with Gasteiger partial charge in [-0.2, -0.15) is 12.7 Å². The third-order valence-electron chi connectivity index (χ3n) is 2.80. The second kappa shape index (κ2) is 4.75. The van der Waals surface area contributed by atoms with Gasteiger partial charge in [0.05, 0.1) is 28.1 Å². The Hall–Kier alpha value is -1.73. The van der Waals surface area contributed by atoms with E-state index in [0.29, 0.717) is 11.2 Å². The number of hydrogen-bond acceptors (Lipinski definition) is 4. The molecule has 0 aliphatic rings. The van der Waals surface area contributed by atoms with E-state index in [2.05, 4.69) is 14.7 Å². The molecular weight excluding hydrogens is 264 g/mol. The Morgan fingerprint density at radius 2 is 1.63 bits per heavy atom. The number of rotatable bonds is 3. The fraction of sp³-hybridized carbons (Fsp3) is 0.333. The molecule has 0 radical (unpaired) electrons. The van der Waals surface area contributed by atoms with Crippen molar-refractivity contribution in [2.45, 2.75) is 13.8 Å². The quantitative estimate of drug-likeness (QED) is 0.923. The largest absolute Gasteiger partial charge is 0.301 e. The molecule has 102 valence electrons. The molecule has 1 heterocycles. The van der Waals surface area contributed by atoms with E-state index in [0.717, 1.165) is 21.2 Å². The predicted molar refractivity (Wildman–Crippen MR) is 75.2 cm³/mol. The highest BCUT2D eigenvalue weighted by atomic mass is 32.2. The van der Waals surface area contributed by atoms with Crippen molar-refractivity contribution >= 4 is 26.9 Å². The standard InChI is InChI=1S/C12H16N4O2S/c1-8-9(2)14-12-7-10(5-6-11(12)13-8)15-19(17,18)16(3)4/h5-7,15H,1-4H3. The summed E-state index contributed by atoms with van der Waals surface area (Å²) in [5.41, 5.74) is 3.59. The zero-order chi connectivity index (χ0) is 14.2. The van der Waals surface area contributed by atoms with Crippen LogP contribution < -0.4 is 4.72 Å². The highest BCUT2D eigenvalue weighted by Crippen LogP contribution is 2.18. The average Bonchev–Trinajstić information content (AvgIpc) is 2.30. The Bertz CT molecular complexity index is 726. The smallest absolute Gasteiger partial charge is 0.271 e. The number of fused-ring (bicyclic) bond motifs is 1. The molecule has 7 heteroatoms. The van der Waals surface area contributed by atoms with Gasteiger partial charge in [-0.15, -0.1) is 0 Å². The number of nitrogens with zero attached hydrogens (tertiary/aromatic N) is 3. The number of benzene rings is 1. The van der Waals surface area contributed by atoms with Crippen molar-refractivity contribution in [3.63, 3.8) is 0 Å². The van der Waals surface area contributed by atoms with Crippen LogP contribution in [0.25, 0.3) is 11.0 Å². The maximum atomic E-state index is 11.7. The van der Waals surface area contributed by atoms with Gasteiger partial charge in [0.15, 0.2) is 0 Å². The summed E-state index contributed by atoms with van der Waals surface area (Å²) < 4.78 is 27.1. The van der Waals surface area contributed by atoms with Crippen LogP contribution in [0.2, 0.25) is 0 Å². The van der Waals surface area contributed by atoms with E-state index in [1.54, 1.807) is 18.2 Å². The molecular formula is C12H16N4O2S. The van der Waals surface area contributed by atoms with Crippen molar-refractivity contribution in [3.8, 4) is 0 Å². The molecule has 1 aromatic carbocycles. The second-order valence-corrected chi connectivity index (χ2v) is 6.37. The first-order valence-electron chi connectivity index (χ1n) is 5.75. The maximum Gasteiger partial charge on any atom is 0.301 e. The van der Waals surface area contributed by atoms with Crippen LogP contribution in [0.15, 0.2) is 18.2 Å². The maximum absolute atomic E-state index is 11.7. The van der Waals surface area contributed by atoms with Crippen molar-refractivity contribution in [2.24, 2.45) is 0 Å². The number of hydrogen-bond donors (Lipinski definition) is 1. The van der Waals surface area contributed by atoms with Crippen molar-refractivity contribution < 1.29 is 8.42 Å². The van der Waals surface area contributed by atoms with Gasteiger partial charge in [-0.05, 0) is 32.0 Å². The fourth-order valence-electron chi connectivity index (χ4n) is 1.53. The molecule has 2 rings (SSSR count). The summed E-state index contributed by atoms with van der Waals surface area (Å²) in [7, 11) is -0.565. The summed E-state index contributed by atoms with van der Waals surface area (Å²) >= 11 is 0. The van der Waals surface area contributed by atoms with Gasteiger partial charge in [0.25, 0.3) is 0 Å². The van der Waals surface area contributed by atoms with Gasteiger partial charge >= 0.3 is 10.2 Å². The van der Waals surface area contributed by atoms with Gasteiger partial charge in [0, 0.05) is 14.1 Å². The van der Waals surface area contributed by atoms with E-state index in [1.165, 1.54) is 14.1 Å². The first kappa shape index (κ1) is 13.7. The van der Waals surface area contributed by atoms with E-state index in [4.69, 9.17) is 0 Å². The minimum Gasteiger partial charge on any atom is -0.271 e. The Balaban J connectivity index is 2.45. The molecule has 2 aromatic rings. The molecule has 6 nitrogen and oxygen atoms in total. The average molecular weight is 280 g/mol. The molecule has 1 aromatic heterocycles. The molecule has 0 saturated carbocycles. The molecule has 0 aliphatic carbocycles. The van der Waals surface area contributed by atoms with Crippen LogP contribution in [-0.4, -0.2) is 36.8 Å². The van der Waals surface area contributed by atoms with E-state index in [9.17, 15) is 8.42 Å². The van der Waals surface area contributed by atoms with Crippen molar-refractivity contribution in [1.29, 1.82) is 0 Å². The van der Waals surface area contributed by atoms with Gasteiger partial charge in [-0.25, -0.2) is 9.97 Å². The first-order chi connectivity index (χ1) is 8.79. The molecule has 0 fully saturated rings. The summed E-state index contributed by atoms with van der Waals surface area (Å²) in [6.07, 6.45) is 0. The molecule has 19 heavy (non-hydrogen) atoms. The lowest BCUT2D eigenvalue weighted by Gasteiger charge is -2.13. The van der Waals surface area contributed by atoms with Crippen LogP contribution in [0.5, 0.6) is 0 Å². The lowest BCUT2D eigenvalue weighted by molar-refractivity contribution is 0.527. The highest BCUT2D eigenvalue weighted by molar-refractivity contribution is 7.90. The van der Waals surface area contributed by atoms with Crippen molar-refractivity contribution in [2.75, 3.05) is 18.8 Å². The molecule has 0 aliphatic heterocycles. The predicted octanol–water partition coefficient (Wildman–Crippen LogP) is 1.46. The van der Waals surface area contributed by atoms with Crippen LogP contribution in [0.4, 0.5) is 5.69 Å². The van der Waals surface area contributed by atoms with Crippen LogP contribution in [-0.2, 0) is 10.2 Å². The summed E-state index contributed by atoms with van der Waals surface area (Å²) in [5, 5.41) is 0. The van der Waals surface area contributed by atoms with E-state index < -0.39 is 10.2 Å². The highest BCUT2D eigenvalue weighted by Gasteiger charge is 2.13. The van der Waals surface area contributed by atoms with Gasteiger partial charge in [-0.3, -0.25) is 4.72 Å². The molecule has 0 spiro atoms. The first-order valence-corrected chi connectivity index (χ1v) is 7.19. The summed E-state index contributed by atoms with van der Waals surface area (Å²) in [6.45, 7) is 3.77. The second-order valence-electron chi connectivity index (χ2n) is 4.49. The Labute approximate surface area is 112 Å². The zero-order valence-electron chi connectivity index (χ0n) is 11.3. The third kappa shape index (κ3) is 2.82. The number of aryl methyl sites for hydroxylation is 2. The van der Waals surface area contributed by atoms with E-state index >= 15 is 0 Å². The van der Waals surface area contributed by atoms with Crippen LogP contribution >= 0.6 is 0 Å². The monoisotopic (exact) mass is 280 g/mol. The van der Waals surface area contributed by atoms with E-state index in [-0.39, 0.29) is 0 Å². The van der Waals surface area contributed by atoms with Gasteiger partial charge in [0.2, 0.25) is 0 Å². The lowest BCUT2D eigenvalue weighted by atomic mass is 10.2. The molecule has 0 unspecified atom stereocenters. The van der Waals surface area contributed by atoms with Crippen molar-refractivity contribution in [1.82, 2.24) is 14.3 Å². The molecule has 0 atom stereocenters. The molecule has 0 amide bonds. The SMILES string of the molecule is Cc1nc2ccc(NS(=O)(=O)N(C)C)cc2nc1C. The summed E-state index contributed by atoms with van der Waals surface area (Å²) in [5.74, 6) is 0. The Morgan fingerprint density at radius 3 is 2.21 bits per heavy atom. The minimum absolute atomic E-state index is 0.471. The molecule has 0 saturated heterocycles. The Morgan fingerprint density at radius 1 is 1.05 bits per heavy atom. The van der Waals surface area contributed by atoms with E-state index in [1.807, 2.05) is 13.8 Å². The number of nitrogens with one attached hydrogen (secondary N) is 1. The molecule has 1 N–H and O–H groups in total. The zero-order valence-corrected chi connectivity index (χ0v) is 12.1. The van der Waals surface area contributed by atoms with Crippen LogP contribution in [0.3, 0.4) is 0 Å². The fourth-order valence-corrected chi connectivity index (χ4v) is 2.14. The van der Waals surface area contributed by atoms with Crippen molar-refractivity contribution in [3.05, 3.63) is 29.6 Å². The van der Waals surface area contributed by atoms with Gasteiger partial charge in [-0.1, -0.05) is 0 Å². The molecule has 0 bridgehead atoms. The minimum atomic E-state index is -3.50. The third-order valence-corrected chi connectivity index (χ3v) is 4.26. The van der Waals surface area contributed by atoms with Gasteiger partial charge < -0.3 is 0 Å².